The van der Waals surface area contributed by atoms with Gasteiger partial charge in [0.2, 0.25) is 0 Å². The average Bonchev–Trinajstić information content (AvgIpc) is 2.31. The molecule has 1 aromatic carbocycles. The minimum absolute atomic E-state index is 0.449. The standard InChI is InChI=1S/C13H15NO2/c1-10-3-5-11(6-4-10)7-8-12(9-14)13(15)16-2/h3-6,12H,7-8H2,1-2H3. The first kappa shape index (κ1) is 12.3. The second-order valence-electron chi connectivity index (χ2n) is 3.73. The molecule has 0 saturated heterocycles. The van der Waals surface area contributed by atoms with Gasteiger partial charge in [0.05, 0.1) is 13.2 Å². The Kier molecular flexibility index (Phi) is 4.53. The smallest absolute Gasteiger partial charge is 0.323 e. The molecule has 0 heterocycles. The number of rotatable bonds is 4. The molecule has 1 rings (SSSR count). The second kappa shape index (κ2) is 5.92. The summed E-state index contributed by atoms with van der Waals surface area (Å²) < 4.78 is 4.55. The van der Waals surface area contributed by atoms with Gasteiger partial charge < -0.3 is 4.74 Å². The zero-order valence-corrected chi connectivity index (χ0v) is 9.56. The number of methoxy groups -OCH3 is 1. The van der Waals surface area contributed by atoms with E-state index >= 15 is 0 Å². The number of aryl methyl sites for hydroxylation is 2. The number of hydrogen-bond acceptors (Lipinski definition) is 3. The molecule has 0 radical (unpaired) electrons. The lowest BCUT2D eigenvalue weighted by Crippen LogP contribution is -2.15. The van der Waals surface area contributed by atoms with E-state index in [1.165, 1.54) is 12.7 Å². The molecule has 16 heavy (non-hydrogen) atoms. The van der Waals surface area contributed by atoms with Crippen molar-refractivity contribution in [3.05, 3.63) is 35.4 Å². The molecule has 0 saturated carbocycles. The summed E-state index contributed by atoms with van der Waals surface area (Å²) in [6.07, 6.45) is 1.22. The van der Waals surface area contributed by atoms with E-state index in [-0.39, 0.29) is 0 Å². The minimum atomic E-state index is -0.661. The van der Waals surface area contributed by atoms with Crippen LogP contribution in [0.15, 0.2) is 24.3 Å². The number of benzene rings is 1. The van der Waals surface area contributed by atoms with Crippen LogP contribution in [0.3, 0.4) is 0 Å². The highest BCUT2D eigenvalue weighted by atomic mass is 16.5. The van der Waals surface area contributed by atoms with Crippen LogP contribution in [0.4, 0.5) is 0 Å². The summed E-state index contributed by atoms with van der Waals surface area (Å²) in [5.41, 5.74) is 2.34. The third-order valence-electron chi connectivity index (χ3n) is 2.48. The van der Waals surface area contributed by atoms with Crippen LogP contribution in [0.2, 0.25) is 0 Å². The van der Waals surface area contributed by atoms with Crippen LogP contribution in [-0.4, -0.2) is 13.1 Å². The highest BCUT2D eigenvalue weighted by Gasteiger charge is 2.17. The van der Waals surface area contributed by atoms with Crippen molar-refractivity contribution in [3.63, 3.8) is 0 Å². The van der Waals surface area contributed by atoms with Crippen molar-refractivity contribution in [2.45, 2.75) is 19.8 Å². The van der Waals surface area contributed by atoms with Crippen LogP contribution in [0.5, 0.6) is 0 Å². The molecule has 0 aliphatic rings. The fourth-order valence-corrected chi connectivity index (χ4v) is 1.44. The van der Waals surface area contributed by atoms with E-state index in [2.05, 4.69) is 4.74 Å². The third-order valence-corrected chi connectivity index (χ3v) is 2.48. The predicted octanol–water partition coefficient (Wildman–Crippen LogP) is 2.24. The number of hydrogen-bond donors (Lipinski definition) is 0. The van der Waals surface area contributed by atoms with E-state index in [0.717, 1.165) is 5.56 Å². The molecule has 0 spiro atoms. The van der Waals surface area contributed by atoms with E-state index in [1.807, 2.05) is 37.3 Å². The lowest BCUT2D eigenvalue weighted by molar-refractivity contribution is -0.143. The maximum atomic E-state index is 11.2. The van der Waals surface area contributed by atoms with E-state index in [1.54, 1.807) is 0 Å². The molecule has 1 aromatic rings. The van der Waals surface area contributed by atoms with Crippen LogP contribution in [0, 0.1) is 24.2 Å². The molecule has 1 unspecified atom stereocenters. The van der Waals surface area contributed by atoms with Gasteiger partial charge in [0.15, 0.2) is 0 Å². The monoisotopic (exact) mass is 217 g/mol. The van der Waals surface area contributed by atoms with Crippen molar-refractivity contribution < 1.29 is 9.53 Å². The van der Waals surface area contributed by atoms with Crippen molar-refractivity contribution in [2.24, 2.45) is 5.92 Å². The number of carbonyl (C=O) groups excluding carboxylic acids is 1. The summed E-state index contributed by atoms with van der Waals surface area (Å²) >= 11 is 0. The topological polar surface area (TPSA) is 50.1 Å². The van der Waals surface area contributed by atoms with Gasteiger partial charge in [-0.2, -0.15) is 5.26 Å². The fourth-order valence-electron chi connectivity index (χ4n) is 1.44. The second-order valence-corrected chi connectivity index (χ2v) is 3.73. The zero-order valence-electron chi connectivity index (χ0n) is 9.56. The van der Waals surface area contributed by atoms with Gasteiger partial charge in [0.25, 0.3) is 0 Å². The molecule has 0 fully saturated rings. The molecule has 84 valence electrons. The number of esters is 1. The predicted molar refractivity (Wildman–Crippen MR) is 60.6 cm³/mol. The number of nitrogens with zero attached hydrogens (tertiary/aromatic N) is 1. The number of carbonyl (C=O) groups is 1. The Balaban J connectivity index is 2.53. The van der Waals surface area contributed by atoms with Crippen molar-refractivity contribution in [1.29, 1.82) is 5.26 Å². The SMILES string of the molecule is COC(=O)C(C#N)CCc1ccc(C)cc1. The Hall–Kier alpha value is -1.82. The number of nitriles is 1. The van der Waals surface area contributed by atoms with Gasteiger partial charge in [-0.3, -0.25) is 4.79 Å². The summed E-state index contributed by atoms with van der Waals surface area (Å²) in [5.74, 6) is -1.11. The van der Waals surface area contributed by atoms with Crippen LogP contribution < -0.4 is 0 Å². The summed E-state index contributed by atoms with van der Waals surface area (Å²) in [5, 5.41) is 8.80. The largest absolute Gasteiger partial charge is 0.468 e. The Morgan fingerprint density at radius 3 is 2.56 bits per heavy atom. The summed E-state index contributed by atoms with van der Waals surface area (Å²) in [6, 6.07) is 10.0. The Labute approximate surface area is 95.7 Å². The zero-order chi connectivity index (χ0) is 12.0. The van der Waals surface area contributed by atoms with Crippen LogP contribution in [-0.2, 0) is 16.0 Å². The Morgan fingerprint density at radius 1 is 1.44 bits per heavy atom. The van der Waals surface area contributed by atoms with E-state index in [9.17, 15) is 4.79 Å². The lowest BCUT2D eigenvalue weighted by atomic mass is 10.0. The Morgan fingerprint density at radius 2 is 2.06 bits per heavy atom. The van der Waals surface area contributed by atoms with Crippen molar-refractivity contribution in [3.8, 4) is 6.07 Å². The molecule has 0 amide bonds. The normalized spacial score (nSPS) is 11.6. The van der Waals surface area contributed by atoms with Gasteiger partial charge in [-0.25, -0.2) is 0 Å². The minimum Gasteiger partial charge on any atom is -0.468 e. The lowest BCUT2D eigenvalue weighted by Gasteiger charge is -2.06. The maximum absolute atomic E-state index is 11.2. The average molecular weight is 217 g/mol. The molecular formula is C13H15NO2. The van der Waals surface area contributed by atoms with Gasteiger partial charge in [-0.1, -0.05) is 29.8 Å². The van der Waals surface area contributed by atoms with Gasteiger partial charge in [0.1, 0.15) is 5.92 Å². The first-order valence-corrected chi connectivity index (χ1v) is 5.20. The van der Waals surface area contributed by atoms with Crippen molar-refractivity contribution >= 4 is 5.97 Å². The highest BCUT2D eigenvalue weighted by molar-refractivity contribution is 5.74. The molecule has 1 atom stereocenters. The summed E-state index contributed by atoms with van der Waals surface area (Å²) in [6.45, 7) is 2.02. The molecule has 3 nitrogen and oxygen atoms in total. The molecule has 0 bridgehead atoms. The quantitative estimate of drug-likeness (QED) is 0.727. The van der Waals surface area contributed by atoms with Gasteiger partial charge in [0, 0.05) is 0 Å². The molecule has 0 aliphatic carbocycles. The van der Waals surface area contributed by atoms with E-state index in [0.29, 0.717) is 12.8 Å². The van der Waals surface area contributed by atoms with Gasteiger partial charge in [-0.15, -0.1) is 0 Å². The summed E-state index contributed by atoms with van der Waals surface area (Å²) in [7, 11) is 1.30. The van der Waals surface area contributed by atoms with Crippen molar-refractivity contribution in [2.75, 3.05) is 7.11 Å². The van der Waals surface area contributed by atoms with Crippen LogP contribution >= 0.6 is 0 Å². The maximum Gasteiger partial charge on any atom is 0.323 e. The van der Waals surface area contributed by atoms with E-state index < -0.39 is 11.9 Å². The summed E-state index contributed by atoms with van der Waals surface area (Å²) in [4.78, 5) is 11.2. The molecule has 0 N–H and O–H groups in total. The fraction of sp³-hybridized carbons (Fsp3) is 0.385. The molecule has 3 heteroatoms. The first-order valence-electron chi connectivity index (χ1n) is 5.20. The van der Waals surface area contributed by atoms with Crippen LogP contribution in [0.1, 0.15) is 17.5 Å². The number of ether oxygens (including phenoxy) is 1. The highest BCUT2D eigenvalue weighted by Crippen LogP contribution is 2.11. The molecular weight excluding hydrogens is 202 g/mol. The molecule has 0 aliphatic heterocycles. The first-order chi connectivity index (χ1) is 7.67. The Bertz CT molecular complexity index is 389. The van der Waals surface area contributed by atoms with Crippen molar-refractivity contribution in [1.82, 2.24) is 0 Å². The van der Waals surface area contributed by atoms with Gasteiger partial charge in [-0.05, 0) is 25.3 Å². The van der Waals surface area contributed by atoms with E-state index in [4.69, 9.17) is 5.26 Å². The van der Waals surface area contributed by atoms with Crippen LogP contribution in [0.25, 0.3) is 0 Å². The van der Waals surface area contributed by atoms with Gasteiger partial charge >= 0.3 is 5.97 Å². The molecule has 0 aromatic heterocycles. The third kappa shape index (κ3) is 3.39.